The lowest BCUT2D eigenvalue weighted by atomic mass is 10.3. The summed E-state index contributed by atoms with van der Waals surface area (Å²) in [6.45, 7) is 0.627. The summed E-state index contributed by atoms with van der Waals surface area (Å²) in [7, 11) is 1.95. The average molecular weight is 187 g/mol. The molecular weight excluding hydrogens is 178 g/mol. The van der Waals surface area contributed by atoms with Crippen molar-refractivity contribution in [3.63, 3.8) is 0 Å². The number of aliphatic imine (C=N–C) groups is 2. The van der Waals surface area contributed by atoms with Crippen LogP contribution in [0, 0.1) is 0 Å². The molecular formula is C10H9N3O. The molecule has 0 spiro atoms. The molecule has 0 aromatic heterocycles. The summed E-state index contributed by atoms with van der Waals surface area (Å²) in [6.07, 6.45) is 0. The molecule has 4 nitrogen and oxygen atoms in total. The summed E-state index contributed by atoms with van der Waals surface area (Å²) < 4.78 is 5.60. The van der Waals surface area contributed by atoms with Crippen molar-refractivity contribution in [2.45, 2.75) is 0 Å². The van der Waals surface area contributed by atoms with Gasteiger partial charge in [-0.25, -0.2) is 9.98 Å². The zero-order valence-corrected chi connectivity index (χ0v) is 7.77. The van der Waals surface area contributed by atoms with Gasteiger partial charge in [-0.1, -0.05) is 12.1 Å². The van der Waals surface area contributed by atoms with Gasteiger partial charge in [0, 0.05) is 7.05 Å². The first-order chi connectivity index (χ1) is 6.84. The molecule has 2 aliphatic heterocycles. The van der Waals surface area contributed by atoms with E-state index in [0.29, 0.717) is 12.6 Å². The van der Waals surface area contributed by atoms with Crippen LogP contribution in [0.3, 0.4) is 0 Å². The highest BCUT2D eigenvalue weighted by Gasteiger charge is 2.27. The van der Waals surface area contributed by atoms with Gasteiger partial charge in [-0.3, -0.25) is 0 Å². The van der Waals surface area contributed by atoms with Crippen molar-refractivity contribution in [3.8, 4) is 5.75 Å². The number of hydrogen-bond donors (Lipinski definition) is 0. The molecule has 1 aromatic rings. The van der Waals surface area contributed by atoms with Crippen molar-refractivity contribution in [2.24, 2.45) is 9.98 Å². The number of hydrogen-bond acceptors (Lipinski definition) is 4. The number of fused-ring (bicyclic) bond motifs is 2. The third-order valence-corrected chi connectivity index (χ3v) is 2.28. The highest BCUT2D eigenvalue weighted by molar-refractivity contribution is 6.40. The highest BCUT2D eigenvalue weighted by atomic mass is 16.5. The summed E-state index contributed by atoms with van der Waals surface area (Å²) >= 11 is 0. The maximum absolute atomic E-state index is 5.60. The van der Waals surface area contributed by atoms with Gasteiger partial charge in [0.2, 0.25) is 0 Å². The lowest BCUT2D eigenvalue weighted by Crippen LogP contribution is -2.30. The average Bonchev–Trinajstić information content (AvgIpc) is 2.57. The molecule has 3 rings (SSSR count). The van der Waals surface area contributed by atoms with Crippen molar-refractivity contribution in [1.82, 2.24) is 4.90 Å². The second kappa shape index (κ2) is 2.57. The minimum Gasteiger partial charge on any atom is -0.434 e. The Morgan fingerprint density at radius 3 is 3.14 bits per heavy atom. The highest BCUT2D eigenvalue weighted by Crippen LogP contribution is 2.31. The molecule has 0 unspecified atom stereocenters. The van der Waals surface area contributed by atoms with Gasteiger partial charge in [-0.05, 0) is 12.1 Å². The van der Waals surface area contributed by atoms with Gasteiger partial charge in [-0.2, -0.15) is 0 Å². The molecule has 14 heavy (non-hydrogen) atoms. The van der Waals surface area contributed by atoms with E-state index >= 15 is 0 Å². The van der Waals surface area contributed by atoms with Crippen LogP contribution < -0.4 is 4.74 Å². The van der Waals surface area contributed by atoms with Crippen LogP contribution >= 0.6 is 0 Å². The predicted molar refractivity (Wildman–Crippen MR) is 54.2 cm³/mol. The summed E-state index contributed by atoms with van der Waals surface area (Å²) in [4.78, 5) is 10.7. The largest absolute Gasteiger partial charge is 0.434 e. The van der Waals surface area contributed by atoms with Gasteiger partial charge in [-0.15, -0.1) is 0 Å². The van der Waals surface area contributed by atoms with Gasteiger partial charge in [0.05, 0.1) is 0 Å². The van der Waals surface area contributed by atoms with Gasteiger partial charge in [0.25, 0.3) is 5.90 Å². The number of nitrogens with zero attached hydrogens (tertiary/aromatic N) is 3. The number of ether oxygens (including phenoxy) is 1. The number of para-hydroxylation sites is 2. The van der Waals surface area contributed by atoms with Gasteiger partial charge in [0.15, 0.2) is 11.6 Å². The lowest BCUT2D eigenvalue weighted by molar-refractivity contribution is 0.542. The molecule has 0 fully saturated rings. The molecule has 0 saturated heterocycles. The van der Waals surface area contributed by atoms with Gasteiger partial charge >= 0.3 is 0 Å². The van der Waals surface area contributed by atoms with E-state index in [-0.39, 0.29) is 0 Å². The van der Waals surface area contributed by atoms with E-state index in [1.165, 1.54) is 0 Å². The van der Waals surface area contributed by atoms with Crippen LogP contribution in [0.4, 0.5) is 5.69 Å². The first kappa shape index (κ1) is 7.55. The minimum absolute atomic E-state index is 0.627. The Hall–Kier alpha value is -1.84. The van der Waals surface area contributed by atoms with E-state index in [4.69, 9.17) is 4.74 Å². The number of benzene rings is 1. The number of rotatable bonds is 0. The Labute approximate surface area is 81.5 Å². The molecule has 0 amide bonds. The Morgan fingerprint density at radius 2 is 2.21 bits per heavy atom. The second-order valence-electron chi connectivity index (χ2n) is 3.31. The van der Waals surface area contributed by atoms with Crippen molar-refractivity contribution in [3.05, 3.63) is 24.3 Å². The van der Waals surface area contributed by atoms with Gasteiger partial charge in [0.1, 0.15) is 12.4 Å². The first-order valence-corrected chi connectivity index (χ1v) is 4.46. The fourth-order valence-electron chi connectivity index (χ4n) is 1.54. The van der Waals surface area contributed by atoms with Crippen molar-refractivity contribution >= 4 is 17.4 Å². The molecule has 2 heterocycles. The Kier molecular flexibility index (Phi) is 1.39. The number of amidine groups is 1. The summed E-state index contributed by atoms with van der Waals surface area (Å²) in [5.41, 5.74) is 0.871. The molecule has 0 aliphatic carbocycles. The quantitative estimate of drug-likeness (QED) is 0.615. The summed E-state index contributed by atoms with van der Waals surface area (Å²) in [5, 5.41) is 0. The molecule has 1 aromatic carbocycles. The third-order valence-electron chi connectivity index (χ3n) is 2.28. The normalized spacial score (nSPS) is 17.9. The zero-order chi connectivity index (χ0) is 9.54. The van der Waals surface area contributed by atoms with E-state index in [9.17, 15) is 0 Å². The van der Waals surface area contributed by atoms with E-state index in [0.717, 1.165) is 17.3 Å². The van der Waals surface area contributed by atoms with Crippen LogP contribution in [0.25, 0.3) is 0 Å². The second-order valence-corrected chi connectivity index (χ2v) is 3.31. The van der Waals surface area contributed by atoms with E-state index < -0.39 is 0 Å². The van der Waals surface area contributed by atoms with Crippen LogP contribution in [0.5, 0.6) is 5.75 Å². The van der Waals surface area contributed by atoms with Crippen LogP contribution in [-0.2, 0) is 0 Å². The van der Waals surface area contributed by atoms with Crippen molar-refractivity contribution in [2.75, 3.05) is 13.7 Å². The topological polar surface area (TPSA) is 37.2 Å². The Bertz CT molecular complexity index is 450. The minimum atomic E-state index is 0.627. The third kappa shape index (κ3) is 0.937. The molecule has 0 saturated carbocycles. The Morgan fingerprint density at radius 1 is 1.36 bits per heavy atom. The zero-order valence-electron chi connectivity index (χ0n) is 7.77. The predicted octanol–water partition coefficient (Wildman–Crippen LogP) is 1.41. The standard InChI is InChI=1S/C10H9N3O/c1-13-6-11-10-9(13)12-7-4-2-3-5-8(7)14-10/h2-5H,6H2,1H3. The van der Waals surface area contributed by atoms with Gasteiger partial charge < -0.3 is 9.64 Å². The molecule has 0 N–H and O–H groups in total. The maximum Gasteiger partial charge on any atom is 0.260 e. The monoisotopic (exact) mass is 187 g/mol. The van der Waals surface area contributed by atoms with Crippen LogP contribution in [0.2, 0.25) is 0 Å². The fraction of sp³-hybridized carbons (Fsp3) is 0.200. The molecule has 0 atom stereocenters. The fourth-order valence-corrected chi connectivity index (χ4v) is 1.54. The van der Waals surface area contributed by atoms with Crippen LogP contribution in [0.15, 0.2) is 34.3 Å². The van der Waals surface area contributed by atoms with E-state index in [1.807, 2.05) is 36.2 Å². The molecule has 2 aliphatic rings. The van der Waals surface area contributed by atoms with Crippen LogP contribution in [-0.4, -0.2) is 30.3 Å². The molecule has 4 heteroatoms. The smallest absolute Gasteiger partial charge is 0.260 e. The van der Waals surface area contributed by atoms with Crippen molar-refractivity contribution in [1.29, 1.82) is 0 Å². The van der Waals surface area contributed by atoms with E-state index in [2.05, 4.69) is 9.98 Å². The number of likely N-dealkylation sites (N-methyl/N-ethyl adjacent to an activating group) is 1. The maximum atomic E-state index is 5.60. The van der Waals surface area contributed by atoms with E-state index in [1.54, 1.807) is 0 Å². The molecule has 70 valence electrons. The Balaban J connectivity index is 2.16. The summed E-state index contributed by atoms with van der Waals surface area (Å²) in [6, 6.07) is 7.71. The first-order valence-electron chi connectivity index (χ1n) is 4.46. The molecule has 0 bridgehead atoms. The molecule has 0 radical (unpaired) electrons. The van der Waals surface area contributed by atoms with Crippen LogP contribution in [0.1, 0.15) is 0 Å². The lowest BCUT2D eigenvalue weighted by Gasteiger charge is -2.17. The summed E-state index contributed by atoms with van der Waals surface area (Å²) in [5.74, 6) is 2.24. The SMILES string of the molecule is CN1CN=C2Oc3ccccc3N=C21. The van der Waals surface area contributed by atoms with Crippen molar-refractivity contribution < 1.29 is 4.74 Å².